The van der Waals surface area contributed by atoms with Gasteiger partial charge in [-0.3, -0.25) is 4.79 Å². The second kappa shape index (κ2) is 6.50. The summed E-state index contributed by atoms with van der Waals surface area (Å²) in [5.74, 6) is 2.25. The van der Waals surface area contributed by atoms with Gasteiger partial charge in [-0.25, -0.2) is 4.99 Å². The molecule has 7 heteroatoms. The maximum atomic E-state index is 12.5. The summed E-state index contributed by atoms with van der Waals surface area (Å²) in [6.07, 6.45) is 4.04. The summed E-state index contributed by atoms with van der Waals surface area (Å²) >= 11 is 3.60. The first-order valence-electron chi connectivity index (χ1n) is 7.59. The van der Waals surface area contributed by atoms with E-state index < -0.39 is 0 Å². The van der Waals surface area contributed by atoms with Crippen molar-refractivity contribution in [2.24, 2.45) is 10.7 Å². The molecule has 4 rings (SSSR count). The highest BCUT2D eigenvalue weighted by Crippen LogP contribution is 2.37. The fraction of sp³-hybridized carbons (Fsp3) is 0.0556. The van der Waals surface area contributed by atoms with E-state index in [4.69, 9.17) is 10.5 Å². The van der Waals surface area contributed by atoms with Crippen molar-refractivity contribution in [2.75, 3.05) is 11.1 Å². The third kappa shape index (κ3) is 3.12. The van der Waals surface area contributed by atoms with Gasteiger partial charge in [-0.15, -0.1) is 8.92 Å². The number of aliphatic imine (C=N–C) groups is 1. The number of benzene rings is 2. The molecule has 3 N–H and O–H groups in total. The Labute approximate surface area is 154 Å². The minimum Gasteiger partial charge on any atom is -0.454 e. The van der Waals surface area contributed by atoms with Crippen LogP contribution in [0.25, 0.3) is 0 Å². The monoisotopic (exact) mass is 415 g/mol. The summed E-state index contributed by atoms with van der Waals surface area (Å²) in [5.41, 5.74) is 7.80. The van der Waals surface area contributed by atoms with E-state index in [-0.39, 0.29) is 14.8 Å². The number of fused-ring (bicyclic) bond motifs is 2. The lowest BCUT2D eigenvalue weighted by Crippen LogP contribution is -2.20. The minimum atomic E-state index is -0.232. The molecular formula is C18H14BrN3O2S. The van der Waals surface area contributed by atoms with Gasteiger partial charge in [0, 0.05) is 5.75 Å². The second-order valence-electron chi connectivity index (χ2n) is 5.49. The molecule has 0 aromatic heterocycles. The molecular weight excluding hydrogens is 402 g/mol. The van der Waals surface area contributed by atoms with Crippen LogP contribution in [-0.2, 0) is 0 Å². The largest absolute Gasteiger partial charge is 0.454 e. The Morgan fingerprint density at radius 1 is 1.24 bits per heavy atom. The summed E-state index contributed by atoms with van der Waals surface area (Å²) in [6, 6.07) is 12.5. The van der Waals surface area contributed by atoms with Gasteiger partial charge in [0.2, 0.25) is 0 Å². The van der Waals surface area contributed by atoms with Gasteiger partial charge in [-0.1, -0.05) is 18.2 Å². The molecule has 0 saturated heterocycles. The average molecular weight is 416 g/mol. The standard InChI is InChI=1S/C18H14BrN3O2S/c19-25-9-3-6-16(25)17(20)21-11-7-8-14-12(10-11)18(23)22-13-4-1-2-5-15(13)24-14/h1-8,10H,9H2,(H2,20,21)(H,22,23). The topological polar surface area (TPSA) is 76.7 Å². The van der Waals surface area contributed by atoms with Crippen LogP contribution in [0.15, 0.2) is 59.6 Å². The lowest BCUT2D eigenvalue weighted by atomic mass is 10.1. The Morgan fingerprint density at radius 3 is 2.88 bits per heavy atom. The van der Waals surface area contributed by atoms with Crippen molar-refractivity contribution in [2.45, 2.75) is 0 Å². The predicted molar refractivity (Wildman–Crippen MR) is 108 cm³/mol. The van der Waals surface area contributed by atoms with Crippen molar-refractivity contribution in [3.8, 4) is 11.5 Å². The highest BCUT2D eigenvalue weighted by Gasteiger charge is 2.21. The molecule has 1 amide bonds. The van der Waals surface area contributed by atoms with Gasteiger partial charge in [-0.05, 0) is 51.2 Å². The van der Waals surface area contributed by atoms with E-state index in [0.717, 1.165) is 10.6 Å². The molecule has 25 heavy (non-hydrogen) atoms. The van der Waals surface area contributed by atoms with Crippen LogP contribution >= 0.6 is 23.7 Å². The second-order valence-corrected chi connectivity index (χ2v) is 9.27. The predicted octanol–water partition coefficient (Wildman–Crippen LogP) is 4.35. The number of hydrogen-bond acceptors (Lipinski definition) is 3. The summed E-state index contributed by atoms with van der Waals surface area (Å²) in [7, 11) is -0.0948. The number of rotatable bonds is 2. The molecule has 5 nitrogen and oxygen atoms in total. The third-order valence-corrected chi connectivity index (χ3v) is 6.96. The van der Waals surface area contributed by atoms with Crippen LogP contribution in [0.4, 0.5) is 11.4 Å². The number of carbonyl (C=O) groups is 1. The maximum absolute atomic E-state index is 12.5. The van der Waals surface area contributed by atoms with Crippen LogP contribution in [0.3, 0.4) is 0 Å². The number of para-hydroxylation sites is 2. The van der Waals surface area contributed by atoms with Gasteiger partial charge in [-0.2, -0.15) is 0 Å². The molecule has 0 bridgehead atoms. The molecule has 0 aliphatic carbocycles. The Bertz CT molecular complexity index is 982. The molecule has 0 fully saturated rings. The highest BCUT2D eigenvalue weighted by atomic mass is 79.9. The Kier molecular flexibility index (Phi) is 4.19. The van der Waals surface area contributed by atoms with E-state index in [1.54, 1.807) is 24.3 Å². The number of carbonyl (C=O) groups excluding carboxylic acids is 1. The van der Waals surface area contributed by atoms with Crippen LogP contribution in [0.5, 0.6) is 11.5 Å². The Hall–Kier alpha value is -2.38. The van der Waals surface area contributed by atoms with E-state index in [0.29, 0.717) is 34.3 Å². The van der Waals surface area contributed by atoms with Gasteiger partial charge in [0.1, 0.15) is 11.6 Å². The maximum Gasteiger partial charge on any atom is 0.259 e. The number of halogens is 1. The molecule has 2 aliphatic rings. The molecule has 0 radical (unpaired) electrons. The van der Waals surface area contributed by atoms with Crippen molar-refractivity contribution < 1.29 is 9.53 Å². The molecule has 0 spiro atoms. The van der Waals surface area contributed by atoms with E-state index in [1.807, 2.05) is 24.3 Å². The van der Waals surface area contributed by atoms with Crippen LogP contribution in [0.2, 0.25) is 0 Å². The lowest BCUT2D eigenvalue weighted by Gasteiger charge is -2.08. The Balaban J connectivity index is 1.71. The molecule has 126 valence electrons. The normalized spacial score (nSPS) is 18.9. The quantitative estimate of drug-likeness (QED) is 0.434. The number of anilines is 1. The zero-order chi connectivity index (χ0) is 17.4. The number of hydrogen-bond donors (Lipinski definition) is 2. The number of amides is 1. The first-order valence-corrected chi connectivity index (χ1v) is 10.8. The summed E-state index contributed by atoms with van der Waals surface area (Å²) in [5, 5.41) is 2.86. The first kappa shape index (κ1) is 16.1. The van der Waals surface area contributed by atoms with Crippen molar-refractivity contribution in [1.29, 1.82) is 0 Å². The van der Waals surface area contributed by atoms with Gasteiger partial charge in [0.25, 0.3) is 5.91 Å². The van der Waals surface area contributed by atoms with Gasteiger partial charge < -0.3 is 15.8 Å². The number of nitrogens with zero attached hydrogens (tertiary/aromatic N) is 1. The first-order chi connectivity index (χ1) is 12.1. The zero-order valence-corrected chi connectivity index (χ0v) is 15.4. The number of nitrogens with one attached hydrogen (secondary N) is 1. The lowest BCUT2D eigenvalue weighted by molar-refractivity contribution is 0.102. The van der Waals surface area contributed by atoms with Crippen LogP contribution in [-0.4, -0.2) is 22.4 Å². The molecule has 2 aliphatic heterocycles. The fourth-order valence-corrected chi connectivity index (χ4v) is 4.86. The minimum absolute atomic E-state index is 0.0948. The van der Waals surface area contributed by atoms with Crippen LogP contribution in [0.1, 0.15) is 10.4 Å². The van der Waals surface area contributed by atoms with Crippen molar-refractivity contribution in [3.05, 3.63) is 60.2 Å². The SMILES string of the molecule is NC(=Nc1ccc2c(c1)C(=O)Nc1ccccc1O2)C1=S(Br)CC=C1. The summed E-state index contributed by atoms with van der Waals surface area (Å²) in [4.78, 5) is 18.0. The number of nitrogens with two attached hydrogens (primary N) is 1. The van der Waals surface area contributed by atoms with E-state index in [9.17, 15) is 4.79 Å². The smallest absolute Gasteiger partial charge is 0.259 e. The highest BCUT2D eigenvalue weighted by molar-refractivity contribution is 9.53. The van der Waals surface area contributed by atoms with E-state index in [2.05, 4.69) is 31.2 Å². The average Bonchev–Trinajstić information content (AvgIpc) is 2.97. The molecule has 1 atom stereocenters. The third-order valence-electron chi connectivity index (χ3n) is 3.82. The number of amidine groups is 1. The van der Waals surface area contributed by atoms with Gasteiger partial charge in [0.05, 0.1) is 21.8 Å². The van der Waals surface area contributed by atoms with Crippen molar-refractivity contribution in [3.63, 3.8) is 0 Å². The van der Waals surface area contributed by atoms with Crippen molar-refractivity contribution in [1.82, 2.24) is 0 Å². The van der Waals surface area contributed by atoms with E-state index >= 15 is 0 Å². The Morgan fingerprint density at radius 2 is 2.08 bits per heavy atom. The zero-order valence-electron chi connectivity index (χ0n) is 13.0. The van der Waals surface area contributed by atoms with Gasteiger partial charge in [0.15, 0.2) is 5.75 Å². The van der Waals surface area contributed by atoms with Crippen LogP contribution < -0.4 is 15.8 Å². The molecule has 2 heterocycles. The summed E-state index contributed by atoms with van der Waals surface area (Å²) in [6.45, 7) is 0. The van der Waals surface area contributed by atoms with Gasteiger partial charge >= 0.3 is 0 Å². The van der Waals surface area contributed by atoms with Crippen molar-refractivity contribution >= 4 is 51.7 Å². The molecule has 2 aromatic carbocycles. The van der Waals surface area contributed by atoms with Crippen LogP contribution in [0, 0.1) is 0 Å². The fourth-order valence-electron chi connectivity index (χ4n) is 2.62. The molecule has 1 unspecified atom stereocenters. The molecule has 0 saturated carbocycles. The summed E-state index contributed by atoms with van der Waals surface area (Å²) < 4.78 is 5.86. The molecule has 2 aromatic rings. The van der Waals surface area contributed by atoms with E-state index in [1.165, 1.54) is 0 Å². The number of ether oxygens (including phenoxy) is 1.